The van der Waals surface area contributed by atoms with Gasteiger partial charge in [0.1, 0.15) is 18.5 Å². The molecule has 0 heterocycles. The first-order chi connectivity index (χ1) is 12.6. The van der Waals surface area contributed by atoms with Crippen LogP contribution in [0.4, 0.5) is 0 Å². The Labute approximate surface area is 160 Å². The topological polar surface area (TPSA) is 61.7 Å². The molecule has 4 nitrogen and oxygen atoms in total. The van der Waals surface area contributed by atoms with Gasteiger partial charge in [-0.2, -0.15) is 0 Å². The van der Waals surface area contributed by atoms with Crippen LogP contribution in [0.15, 0.2) is 48.5 Å². The highest BCUT2D eigenvalue weighted by molar-refractivity contribution is 6.30. The van der Waals surface area contributed by atoms with Crippen LogP contribution in [0.2, 0.25) is 5.02 Å². The van der Waals surface area contributed by atoms with Crippen molar-refractivity contribution in [3.63, 3.8) is 0 Å². The van der Waals surface area contributed by atoms with Gasteiger partial charge < -0.3 is 20.3 Å². The van der Waals surface area contributed by atoms with E-state index in [0.717, 1.165) is 19.4 Å². The molecular formula is C21H28ClNO3. The van der Waals surface area contributed by atoms with Gasteiger partial charge in [-0.3, -0.25) is 0 Å². The molecule has 0 saturated carbocycles. The highest BCUT2D eigenvalue weighted by Gasteiger charge is 2.16. The van der Waals surface area contributed by atoms with Crippen LogP contribution >= 0.6 is 11.6 Å². The second kappa shape index (κ2) is 11.2. The van der Waals surface area contributed by atoms with Crippen LogP contribution in [0.25, 0.3) is 0 Å². The van der Waals surface area contributed by atoms with Crippen molar-refractivity contribution < 1.29 is 14.9 Å². The van der Waals surface area contributed by atoms with Gasteiger partial charge in [0.15, 0.2) is 0 Å². The lowest BCUT2D eigenvalue weighted by Gasteiger charge is -2.19. The molecule has 2 unspecified atom stereocenters. The van der Waals surface area contributed by atoms with E-state index in [1.807, 2.05) is 30.3 Å². The van der Waals surface area contributed by atoms with Crippen molar-refractivity contribution in [2.24, 2.45) is 0 Å². The lowest BCUT2D eigenvalue weighted by molar-refractivity contribution is 0.102. The van der Waals surface area contributed by atoms with Gasteiger partial charge in [-0.15, -0.1) is 0 Å². The summed E-state index contributed by atoms with van der Waals surface area (Å²) >= 11 is 6.10. The maximum Gasteiger partial charge on any atom is 0.125 e. The predicted molar refractivity (Wildman–Crippen MR) is 106 cm³/mol. The van der Waals surface area contributed by atoms with E-state index < -0.39 is 12.2 Å². The van der Waals surface area contributed by atoms with Gasteiger partial charge in [0.05, 0.1) is 6.10 Å². The highest BCUT2D eigenvalue weighted by Crippen LogP contribution is 2.31. The molecule has 142 valence electrons. The number of hydrogen-bond acceptors (Lipinski definition) is 4. The smallest absolute Gasteiger partial charge is 0.125 e. The van der Waals surface area contributed by atoms with Gasteiger partial charge in [-0.25, -0.2) is 0 Å². The summed E-state index contributed by atoms with van der Waals surface area (Å²) in [5.41, 5.74) is 1.83. The summed E-state index contributed by atoms with van der Waals surface area (Å²) in [4.78, 5) is 0. The maximum atomic E-state index is 10.6. The zero-order valence-corrected chi connectivity index (χ0v) is 16.0. The Bertz CT molecular complexity index is 651. The van der Waals surface area contributed by atoms with Crippen LogP contribution in [0.1, 0.15) is 37.0 Å². The maximum absolute atomic E-state index is 10.6. The summed E-state index contributed by atoms with van der Waals surface area (Å²) in [6.07, 6.45) is 1.06. The van der Waals surface area contributed by atoms with E-state index in [-0.39, 0.29) is 6.61 Å². The molecule has 26 heavy (non-hydrogen) atoms. The Morgan fingerprint density at radius 3 is 2.62 bits per heavy atom. The SMILES string of the molecule is CCCNCC(O)COc1ccc(Cl)cc1C(O)CCc1ccccc1. The fraction of sp³-hybridized carbons (Fsp3) is 0.429. The van der Waals surface area contributed by atoms with E-state index >= 15 is 0 Å². The molecule has 0 aliphatic carbocycles. The van der Waals surface area contributed by atoms with Crippen LogP contribution in [0, 0.1) is 0 Å². The van der Waals surface area contributed by atoms with Crippen LogP contribution in [-0.2, 0) is 6.42 Å². The zero-order chi connectivity index (χ0) is 18.8. The van der Waals surface area contributed by atoms with E-state index in [0.29, 0.717) is 29.3 Å². The van der Waals surface area contributed by atoms with Gasteiger partial charge in [0.25, 0.3) is 0 Å². The van der Waals surface area contributed by atoms with Crippen molar-refractivity contribution in [2.45, 2.75) is 38.4 Å². The second-order valence-electron chi connectivity index (χ2n) is 6.39. The van der Waals surface area contributed by atoms with Gasteiger partial charge in [0, 0.05) is 17.1 Å². The fourth-order valence-corrected chi connectivity index (χ4v) is 2.89. The molecular weight excluding hydrogens is 350 g/mol. The van der Waals surface area contributed by atoms with Crippen molar-refractivity contribution in [3.05, 3.63) is 64.7 Å². The number of rotatable bonds is 11. The summed E-state index contributed by atoms with van der Waals surface area (Å²) in [5.74, 6) is 0.560. The van der Waals surface area contributed by atoms with E-state index in [4.69, 9.17) is 16.3 Å². The van der Waals surface area contributed by atoms with Crippen LogP contribution in [0.3, 0.4) is 0 Å². The zero-order valence-electron chi connectivity index (χ0n) is 15.2. The third kappa shape index (κ3) is 6.96. The third-order valence-corrected chi connectivity index (χ3v) is 4.35. The molecule has 2 atom stereocenters. The summed E-state index contributed by atoms with van der Waals surface area (Å²) in [7, 11) is 0. The second-order valence-corrected chi connectivity index (χ2v) is 6.83. The minimum atomic E-state index is -0.681. The summed E-state index contributed by atoms with van der Waals surface area (Å²) in [6, 6.07) is 15.2. The molecule has 0 spiro atoms. The van der Waals surface area contributed by atoms with E-state index in [9.17, 15) is 10.2 Å². The normalized spacial score (nSPS) is 13.4. The fourth-order valence-electron chi connectivity index (χ4n) is 2.71. The molecule has 0 bridgehead atoms. The molecule has 0 saturated heterocycles. The average molecular weight is 378 g/mol. The lowest BCUT2D eigenvalue weighted by atomic mass is 10.0. The minimum Gasteiger partial charge on any atom is -0.490 e. The monoisotopic (exact) mass is 377 g/mol. The molecule has 5 heteroatoms. The van der Waals surface area contributed by atoms with Crippen LogP contribution in [-0.4, -0.2) is 36.0 Å². The first-order valence-electron chi connectivity index (χ1n) is 9.13. The quantitative estimate of drug-likeness (QED) is 0.522. The molecule has 2 aromatic rings. The lowest BCUT2D eigenvalue weighted by Crippen LogP contribution is -2.32. The minimum absolute atomic E-state index is 0.163. The van der Waals surface area contributed by atoms with Gasteiger partial charge in [-0.1, -0.05) is 48.9 Å². The first-order valence-corrected chi connectivity index (χ1v) is 9.51. The van der Waals surface area contributed by atoms with Crippen molar-refractivity contribution in [2.75, 3.05) is 19.7 Å². The van der Waals surface area contributed by atoms with Crippen LogP contribution in [0.5, 0.6) is 5.75 Å². The molecule has 0 aromatic heterocycles. The number of aliphatic hydroxyl groups is 2. The number of hydrogen-bond donors (Lipinski definition) is 3. The molecule has 2 aromatic carbocycles. The van der Waals surface area contributed by atoms with Crippen molar-refractivity contribution in [1.82, 2.24) is 5.32 Å². The van der Waals surface area contributed by atoms with Crippen LogP contribution < -0.4 is 10.1 Å². The van der Waals surface area contributed by atoms with E-state index in [2.05, 4.69) is 12.2 Å². The summed E-state index contributed by atoms with van der Waals surface area (Å²) < 4.78 is 5.75. The summed E-state index contributed by atoms with van der Waals surface area (Å²) in [6.45, 7) is 3.58. The third-order valence-electron chi connectivity index (χ3n) is 4.12. The van der Waals surface area contributed by atoms with Crippen molar-refractivity contribution in [1.29, 1.82) is 0 Å². The Morgan fingerprint density at radius 2 is 1.88 bits per heavy atom. The Kier molecular flexibility index (Phi) is 8.92. The molecule has 0 amide bonds. The number of nitrogens with one attached hydrogen (secondary N) is 1. The average Bonchev–Trinajstić information content (AvgIpc) is 2.66. The standard InChI is InChI=1S/C21H28ClNO3/c1-2-12-23-14-18(24)15-26-21-11-9-17(22)13-19(21)20(25)10-8-16-6-4-3-5-7-16/h3-7,9,11,13,18,20,23-25H,2,8,10,12,14-15H2,1H3. The molecule has 0 aliphatic rings. The molecule has 0 radical (unpaired) electrons. The summed E-state index contributed by atoms with van der Waals surface area (Å²) in [5, 5.41) is 24.3. The Morgan fingerprint density at radius 1 is 1.12 bits per heavy atom. The molecule has 0 aliphatic heterocycles. The molecule has 3 N–H and O–H groups in total. The number of halogens is 1. The number of aryl methyl sites for hydroxylation is 1. The number of aliphatic hydroxyl groups excluding tert-OH is 2. The van der Waals surface area contributed by atoms with Gasteiger partial charge in [-0.05, 0) is 49.6 Å². The van der Waals surface area contributed by atoms with Crippen molar-refractivity contribution in [3.8, 4) is 5.75 Å². The van der Waals surface area contributed by atoms with Gasteiger partial charge >= 0.3 is 0 Å². The van der Waals surface area contributed by atoms with Gasteiger partial charge in [0.2, 0.25) is 0 Å². The predicted octanol–water partition coefficient (Wildman–Crippen LogP) is 3.75. The van der Waals surface area contributed by atoms with Crippen molar-refractivity contribution >= 4 is 11.6 Å². The number of ether oxygens (including phenoxy) is 1. The largest absolute Gasteiger partial charge is 0.490 e. The van der Waals surface area contributed by atoms with E-state index in [1.165, 1.54) is 5.56 Å². The Balaban J connectivity index is 1.95. The number of benzene rings is 2. The molecule has 0 fully saturated rings. The Hall–Kier alpha value is -1.59. The highest BCUT2D eigenvalue weighted by atomic mass is 35.5. The first kappa shape index (κ1) is 20.7. The molecule has 2 rings (SSSR count). The van der Waals surface area contributed by atoms with E-state index in [1.54, 1.807) is 18.2 Å².